The molecule has 1 aromatic heterocycles. The quantitative estimate of drug-likeness (QED) is 0.736. The molecular weight excluding hydrogens is 289 g/mol. The second-order valence-electron chi connectivity index (χ2n) is 4.53. The summed E-state index contributed by atoms with van der Waals surface area (Å²) < 4.78 is 14.1. The van der Waals surface area contributed by atoms with Gasteiger partial charge in [0.2, 0.25) is 0 Å². The van der Waals surface area contributed by atoms with Crippen LogP contribution >= 0.6 is 11.8 Å². The zero-order chi connectivity index (χ0) is 15.4. The van der Waals surface area contributed by atoms with E-state index in [1.165, 1.54) is 23.9 Å². The summed E-state index contributed by atoms with van der Waals surface area (Å²) in [5, 5.41) is 3.61. The number of benzene rings is 1. The minimum Gasteiger partial charge on any atom is -0.383 e. The molecule has 1 heterocycles. The smallest absolute Gasteiger partial charge is 0.196 e. The van der Waals surface area contributed by atoms with Crippen LogP contribution in [0.15, 0.2) is 34.3 Å². The van der Waals surface area contributed by atoms with E-state index in [-0.39, 0.29) is 11.9 Å². The van der Waals surface area contributed by atoms with Gasteiger partial charge in [0.05, 0.1) is 0 Å². The molecule has 0 spiro atoms. The highest BCUT2D eigenvalue weighted by molar-refractivity contribution is 7.99. The summed E-state index contributed by atoms with van der Waals surface area (Å²) in [6.07, 6.45) is 0. The molecule has 1 atom stereocenters. The van der Waals surface area contributed by atoms with Gasteiger partial charge in [-0.05, 0) is 37.4 Å². The zero-order valence-corrected chi connectivity index (χ0v) is 12.7. The highest BCUT2D eigenvalue weighted by atomic mass is 32.2. The monoisotopic (exact) mass is 307 g/mol. The number of nitrogens with zero attached hydrogens (tertiary/aromatic N) is 2. The third-order valence-corrected chi connectivity index (χ3v) is 3.84. The van der Waals surface area contributed by atoms with Crippen LogP contribution in [0.5, 0.6) is 0 Å². The van der Waals surface area contributed by atoms with Gasteiger partial charge in [-0.3, -0.25) is 0 Å². The number of nitrogen functional groups attached to an aromatic ring is 2. The van der Waals surface area contributed by atoms with Crippen molar-refractivity contribution in [3.8, 4) is 0 Å². The Labute approximate surface area is 127 Å². The van der Waals surface area contributed by atoms with E-state index in [1.807, 2.05) is 19.9 Å². The summed E-state index contributed by atoms with van der Waals surface area (Å²) in [6, 6.07) is 6.31. The van der Waals surface area contributed by atoms with Gasteiger partial charge in [-0.15, -0.1) is 0 Å². The Kier molecular flexibility index (Phi) is 4.98. The van der Waals surface area contributed by atoms with E-state index in [0.717, 1.165) is 11.4 Å². The van der Waals surface area contributed by atoms with Gasteiger partial charge in [-0.25, -0.2) is 14.4 Å². The standard InChI is InChI=1S/C14H18FN5S/c1-3-18-8(2)13-9(15)5-4-6-10(13)21-14-19-11(16)7-12(17)20-14/h4-8,18H,3H2,1-2H3,(H4,16,17,19,20). The lowest BCUT2D eigenvalue weighted by Gasteiger charge is -2.17. The molecule has 0 saturated carbocycles. The van der Waals surface area contributed by atoms with Crippen LogP contribution in [0.2, 0.25) is 0 Å². The van der Waals surface area contributed by atoms with Crippen LogP contribution in [0.1, 0.15) is 25.5 Å². The topological polar surface area (TPSA) is 89.8 Å². The summed E-state index contributed by atoms with van der Waals surface area (Å²) in [5.74, 6) is 0.329. The zero-order valence-electron chi connectivity index (χ0n) is 11.9. The van der Waals surface area contributed by atoms with E-state index < -0.39 is 0 Å². The third kappa shape index (κ3) is 3.83. The van der Waals surface area contributed by atoms with E-state index in [0.29, 0.717) is 22.4 Å². The Bertz CT molecular complexity index is 615. The lowest BCUT2D eigenvalue weighted by atomic mass is 10.1. The minimum absolute atomic E-state index is 0.114. The predicted molar refractivity (Wildman–Crippen MR) is 83.5 cm³/mol. The van der Waals surface area contributed by atoms with Crippen LogP contribution in [0.4, 0.5) is 16.0 Å². The SMILES string of the molecule is CCNC(C)c1c(F)cccc1Sc1nc(N)cc(N)n1. The molecule has 0 saturated heterocycles. The predicted octanol–water partition coefficient (Wildman–Crippen LogP) is 2.60. The first-order valence-corrected chi connectivity index (χ1v) is 7.42. The largest absolute Gasteiger partial charge is 0.383 e. The van der Waals surface area contributed by atoms with Crippen LogP contribution < -0.4 is 16.8 Å². The maximum Gasteiger partial charge on any atom is 0.196 e. The Hall–Kier alpha value is -1.86. The van der Waals surface area contributed by atoms with E-state index in [4.69, 9.17) is 11.5 Å². The molecule has 0 fully saturated rings. The summed E-state index contributed by atoms with van der Waals surface area (Å²) >= 11 is 1.25. The van der Waals surface area contributed by atoms with Crippen LogP contribution in [-0.4, -0.2) is 16.5 Å². The molecule has 0 aliphatic heterocycles. The molecule has 0 amide bonds. The van der Waals surface area contributed by atoms with Crippen molar-refractivity contribution in [2.75, 3.05) is 18.0 Å². The number of halogens is 1. The number of aromatic nitrogens is 2. The third-order valence-electron chi connectivity index (χ3n) is 2.90. The average molecular weight is 307 g/mol. The Morgan fingerprint density at radius 3 is 2.57 bits per heavy atom. The highest BCUT2D eigenvalue weighted by Crippen LogP contribution is 2.33. The van der Waals surface area contributed by atoms with Crippen molar-refractivity contribution in [3.05, 3.63) is 35.6 Å². The molecule has 1 aromatic carbocycles. The van der Waals surface area contributed by atoms with Gasteiger partial charge in [0.15, 0.2) is 5.16 Å². The van der Waals surface area contributed by atoms with E-state index in [2.05, 4.69) is 15.3 Å². The summed E-state index contributed by atoms with van der Waals surface area (Å²) in [7, 11) is 0. The lowest BCUT2D eigenvalue weighted by molar-refractivity contribution is 0.531. The summed E-state index contributed by atoms with van der Waals surface area (Å²) in [6.45, 7) is 4.65. The van der Waals surface area contributed by atoms with Crippen LogP contribution in [0.3, 0.4) is 0 Å². The molecule has 0 bridgehead atoms. The van der Waals surface area contributed by atoms with Crippen LogP contribution in [0.25, 0.3) is 0 Å². The van der Waals surface area contributed by atoms with Crippen molar-refractivity contribution < 1.29 is 4.39 Å². The fraction of sp³-hybridized carbons (Fsp3) is 0.286. The number of hydrogen-bond donors (Lipinski definition) is 3. The number of rotatable bonds is 5. The van der Waals surface area contributed by atoms with Crippen molar-refractivity contribution in [1.82, 2.24) is 15.3 Å². The maximum atomic E-state index is 14.1. The average Bonchev–Trinajstić information content (AvgIpc) is 2.37. The van der Waals surface area contributed by atoms with Gasteiger partial charge < -0.3 is 16.8 Å². The van der Waals surface area contributed by atoms with Crippen LogP contribution in [-0.2, 0) is 0 Å². The summed E-state index contributed by atoms with van der Waals surface area (Å²) in [5.41, 5.74) is 11.9. The first-order chi connectivity index (χ1) is 10.0. The fourth-order valence-electron chi connectivity index (χ4n) is 2.04. The molecular formula is C14H18FN5S. The molecule has 1 unspecified atom stereocenters. The highest BCUT2D eigenvalue weighted by Gasteiger charge is 2.16. The van der Waals surface area contributed by atoms with Gasteiger partial charge in [0.25, 0.3) is 0 Å². The van der Waals surface area contributed by atoms with Crippen molar-refractivity contribution in [3.63, 3.8) is 0 Å². The molecule has 2 rings (SSSR count). The Morgan fingerprint density at radius 2 is 1.95 bits per heavy atom. The van der Waals surface area contributed by atoms with Crippen molar-refractivity contribution >= 4 is 23.4 Å². The molecule has 21 heavy (non-hydrogen) atoms. The second-order valence-corrected chi connectivity index (χ2v) is 5.54. The van der Waals surface area contributed by atoms with Gasteiger partial charge in [0.1, 0.15) is 17.5 Å². The van der Waals surface area contributed by atoms with Crippen molar-refractivity contribution in [2.24, 2.45) is 0 Å². The van der Waals surface area contributed by atoms with Gasteiger partial charge in [0, 0.05) is 22.6 Å². The molecule has 0 radical (unpaired) electrons. The first kappa shape index (κ1) is 15.5. The summed E-state index contributed by atoms with van der Waals surface area (Å²) in [4.78, 5) is 8.97. The Balaban J connectivity index is 2.37. The lowest BCUT2D eigenvalue weighted by Crippen LogP contribution is -2.19. The van der Waals surface area contributed by atoms with E-state index in [9.17, 15) is 4.39 Å². The van der Waals surface area contributed by atoms with Crippen molar-refractivity contribution in [2.45, 2.75) is 29.9 Å². The number of anilines is 2. The fourth-order valence-corrected chi connectivity index (χ4v) is 3.07. The van der Waals surface area contributed by atoms with Crippen LogP contribution in [0, 0.1) is 5.82 Å². The van der Waals surface area contributed by atoms with Gasteiger partial charge >= 0.3 is 0 Å². The van der Waals surface area contributed by atoms with Gasteiger partial charge in [-0.1, -0.05) is 13.0 Å². The van der Waals surface area contributed by atoms with E-state index in [1.54, 1.807) is 6.07 Å². The van der Waals surface area contributed by atoms with E-state index >= 15 is 0 Å². The van der Waals surface area contributed by atoms with Gasteiger partial charge in [-0.2, -0.15) is 0 Å². The normalized spacial score (nSPS) is 12.3. The number of nitrogens with two attached hydrogens (primary N) is 2. The number of nitrogens with one attached hydrogen (secondary N) is 1. The second kappa shape index (κ2) is 6.73. The molecule has 7 heteroatoms. The number of hydrogen-bond acceptors (Lipinski definition) is 6. The molecule has 5 nitrogen and oxygen atoms in total. The molecule has 5 N–H and O–H groups in total. The van der Waals surface area contributed by atoms with Crippen molar-refractivity contribution in [1.29, 1.82) is 0 Å². The first-order valence-electron chi connectivity index (χ1n) is 6.61. The molecule has 112 valence electrons. The molecule has 0 aliphatic carbocycles. The minimum atomic E-state index is -0.259. The molecule has 2 aromatic rings. The molecule has 0 aliphatic rings. The Morgan fingerprint density at radius 1 is 1.29 bits per heavy atom. The maximum absolute atomic E-state index is 14.1.